The van der Waals surface area contributed by atoms with E-state index in [4.69, 9.17) is 0 Å². The largest absolute Gasteiger partial charge is 0.292 e. The Labute approximate surface area is 85.2 Å². The van der Waals surface area contributed by atoms with Crippen molar-refractivity contribution in [3.05, 3.63) is 39.0 Å². The van der Waals surface area contributed by atoms with Gasteiger partial charge in [0.15, 0.2) is 0 Å². The van der Waals surface area contributed by atoms with Crippen LogP contribution >= 0.6 is 15.9 Å². The lowest BCUT2D eigenvalue weighted by Gasteiger charge is -2.05. The Morgan fingerprint density at radius 2 is 2.38 bits per heavy atom. The highest BCUT2D eigenvalue weighted by molar-refractivity contribution is 9.10. The van der Waals surface area contributed by atoms with Gasteiger partial charge in [-0.25, -0.2) is 4.98 Å². The summed E-state index contributed by atoms with van der Waals surface area (Å²) in [5, 5.41) is 0. The maximum Gasteiger partial charge on any atom is 0.268 e. The Bertz CT molecular complexity index is 382. The summed E-state index contributed by atoms with van der Waals surface area (Å²) in [6.07, 6.45) is 5.36. The zero-order valence-electron chi connectivity index (χ0n) is 7.62. The van der Waals surface area contributed by atoms with Crippen LogP contribution < -0.4 is 5.56 Å². The summed E-state index contributed by atoms with van der Waals surface area (Å²) in [5.41, 5.74) is -0.0365. The van der Waals surface area contributed by atoms with Crippen LogP contribution in [0.3, 0.4) is 0 Å². The van der Waals surface area contributed by atoms with Crippen molar-refractivity contribution < 1.29 is 0 Å². The molecule has 0 aliphatic heterocycles. The predicted molar refractivity (Wildman–Crippen MR) is 55.7 cm³/mol. The van der Waals surface area contributed by atoms with Crippen LogP contribution in [-0.4, -0.2) is 9.55 Å². The third-order valence-electron chi connectivity index (χ3n) is 1.73. The van der Waals surface area contributed by atoms with Gasteiger partial charge in [-0.15, -0.1) is 0 Å². The molecule has 0 spiro atoms. The molecule has 4 heteroatoms. The van der Waals surface area contributed by atoms with Crippen LogP contribution in [0.25, 0.3) is 0 Å². The normalized spacial score (nSPS) is 11.0. The number of hydrogen-bond donors (Lipinski definition) is 0. The first kappa shape index (κ1) is 10.2. The minimum atomic E-state index is -0.0365. The molecule has 0 aliphatic rings. The number of aromatic nitrogens is 2. The standard InChI is InChI=1S/C9H11BrN2O/c1-3-4-5-12-7(2)11-6-8(10)9(12)13/h3-4,6H,5H2,1-2H3/b4-3+. The van der Waals surface area contributed by atoms with Crippen molar-refractivity contribution in [2.75, 3.05) is 0 Å². The molecule has 3 nitrogen and oxygen atoms in total. The van der Waals surface area contributed by atoms with E-state index < -0.39 is 0 Å². The van der Waals surface area contributed by atoms with Crippen LogP contribution in [0.1, 0.15) is 12.7 Å². The lowest BCUT2D eigenvalue weighted by molar-refractivity contribution is 0.709. The molecule has 1 heterocycles. The lowest BCUT2D eigenvalue weighted by atomic mass is 10.4. The van der Waals surface area contributed by atoms with Gasteiger partial charge in [-0.05, 0) is 29.8 Å². The van der Waals surface area contributed by atoms with Crippen molar-refractivity contribution in [3.63, 3.8) is 0 Å². The second-order valence-electron chi connectivity index (χ2n) is 2.64. The molecule has 0 N–H and O–H groups in total. The van der Waals surface area contributed by atoms with E-state index in [1.165, 1.54) is 6.20 Å². The highest BCUT2D eigenvalue weighted by Crippen LogP contribution is 2.01. The van der Waals surface area contributed by atoms with E-state index in [0.29, 0.717) is 11.0 Å². The fourth-order valence-electron chi connectivity index (χ4n) is 0.977. The van der Waals surface area contributed by atoms with Crippen LogP contribution in [-0.2, 0) is 6.54 Å². The first-order valence-electron chi connectivity index (χ1n) is 4.00. The number of hydrogen-bond acceptors (Lipinski definition) is 2. The molecule has 70 valence electrons. The second-order valence-corrected chi connectivity index (χ2v) is 3.49. The molecule has 0 radical (unpaired) electrons. The van der Waals surface area contributed by atoms with Gasteiger partial charge in [0, 0.05) is 12.7 Å². The van der Waals surface area contributed by atoms with Gasteiger partial charge in [-0.2, -0.15) is 0 Å². The van der Waals surface area contributed by atoms with Crippen molar-refractivity contribution in [1.29, 1.82) is 0 Å². The van der Waals surface area contributed by atoms with E-state index in [-0.39, 0.29) is 5.56 Å². The molecular weight excluding hydrogens is 232 g/mol. The van der Waals surface area contributed by atoms with E-state index in [1.54, 1.807) is 4.57 Å². The molecule has 1 aromatic rings. The molecule has 0 atom stereocenters. The van der Waals surface area contributed by atoms with E-state index in [2.05, 4.69) is 20.9 Å². The van der Waals surface area contributed by atoms with Gasteiger partial charge in [0.2, 0.25) is 0 Å². The van der Waals surface area contributed by atoms with Gasteiger partial charge < -0.3 is 0 Å². The smallest absolute Gasteiger partial charge is 0.268 e. The van der Waals surface area contributed by atoms with Crippen molar-refractivity contribution in [2.45, 2.75) is 20.4 Å². The Morgan fingerprint density at radius 1 is 1.69 bits per heavy atom. The summed E-state index contributed by atoms with van der Waals surface area (Å²) in [4.78, 5) is 15.6. The molecule has 0 aromatic carbocycles. The van der Waals surface area contributed by atoms with E-state index in [9.17, 15) is 4.79 Å². The third-order valence-corrected chi connectivity index (χ3v) is 2.27. The maximum absolute atomic E-state index is 11.5. The Hall–Kier alpha value is -0.900. The molecule has 1 aromatic heterocycles. The first-order valence-corrected chi connectivity index (χ1v) is 4.79. The predicted octanol–water partition coefficient (Wildman–Crippen LogP) is 1.89. The van der Waals surface area contributed by atoms with Crippen molar-refractivity contribution in [3.8, 4) is 0 Å². The quantitative estimate of drug-likeness (QED) is 0.743. The number of rotatable bonds is 2. The highest BCUT2D eigenvalue weighted by atomic mass is 79.9. The number of nitrogens with zero attached hydrogens (tertiary/aromatic N) is 2. The minimum absolute atomic E-state index is 0.0365. The molecule has 0 unspecified atom stereocenters. The summed E-state index contributed by atoms with van der Waals surface area (Å²) in [6, 6.07) is 0. The van der Waals surface area contributed by atoms with Gasteiger partial charge in [0.25, 0.3) is 5.56 Å². The maximum atomic E-state index is 11.5. The van der Waals surface area contributed by atoms with E-state index >= 15 is 0 Å². The van der Waals surface area contributed by atoms with Crippen LogP contribution in [0.5, 0.6) is 0 Å². The van der Waals surface area contributed by atoms with Gasteiger partial charge in [-0.3, -0.25) is 9.36 Å². The van der Waals surface area contributed by atoms with Crippen molar-refractivity contribution in [2.24, 2.45) is 0 Å². The monoisotopic (exact) mass is 242 g/mol. The molecule has 0 saturated heterocycles. The van der Waals surface area contributed by atoms with Gasteiger partial charge in [-0.1, -0.05) is 12.2 Å². The Kier molecular flexibility index (Phi) is 3.42. The Morgan fingerprint density at radius 3 is 3.00 bits per heavy atom. The van der Waals surface area contributed by atoms with Crippen LogP contribution in [0, 0.1) is 6.92 Å². The zero-order chi connectivity index (χ0) is 9.84. The highest BCUT2D eigenvalue weighted by Gasteiger charge is 2.02. The third kappa shape index (κ3) is 2.28. The zero-order valence-corrected chi connectivity index (χ0v) is 9.21. The molecule has 0 fully saturated rings. The second kappa shape index (κ2) is 4.37. The summed E-state index contributed by atoms with van der Waals surface area (Å²) in [5.74, 6) is 0.728. The molecule has 0 bridgehead atoms. The number of aryl methyl sites for hydroxylation is 1. The SMILES string of the molecule is C/C=C/Cn1c(C)ncc(Br)c1=O. The van der Waals surface area contributed by atoms with Crippen LogP contribution in [0.2, 0.25) is 0 Å². The van der Waals surface area contributed by atoms with Gasteiger partial charge in [0.05, 0.1) is 0 Å². The Balaban J connectivity index is 3.18. The molecule has 13 heavy (non-hydrogen) atoms. The van der Waals surface area contributed by atoms with Crippen molar-refractivity contribution in [1.82, 2.24) is 9.55 Å². The van der Waals surface area contributed by atoms with Crippen LogP contribution in [0.15, 0.2) is 27.6 Å². The van der Waals surface area contributed by atoms with E-state index in [1.807, 2.05) is 26.0 Å². The van der Waals surface area contributed by atoms with E-state index in [0.717, 1.165) is 5.82 Å². The lowest BCUT2D eigenvalue weighted by Crippen LogP contribution is -2.23. The van der Waals surface area contributed by atoms with Gasteiger partial charge in [0.1, 0.15) is 10.3 Å². The number of halogens is 1. The van der Waals surface area contributed by atoms with Gasteiger partial charge >= 0.3 is 0 Å². The topological polar surface area (TPSA) is 34.9 Å². The van der Waals surface area contributed by atoms with Crippen LogP contribution in [0.4, 0.5) is 0 Å². The molecule has 0 amide bonds. The molecular formula is C9H11BrN2O. The molecule has 0 aliphatic carbocycles. The summed E-state index contributed by atoms with van der Waals surface area (Å²) < 4.78 is 2.12. The average molecular weight is 243 g/mol. The van der Waals surface area contributed by atoms with Crippen molar-refractivity contribution >= 4 is 15.9 Å². The minimum Gasteiger partial charge on any atom is -0.292 e. The fraction of sp³-hybridized carbons (Fsp3) is 0.333. The fourth-order valence-corrected chi connectivity index (χ4v) is 1.29. The summed E-state index contributed by atoms with van der Waals surface area (Å²) in [6.45, 7) is 4.32. The first-order chi connectivity index (χ1) is 6.16. The summed E-state index contributed by atoms with van der Waals surface area (Å²) in [7, 11) is 0. The molecule has 0 saturated carbocycles. The summed E-state index contributed by atoms with van der Waals surface area (Å²) >= 11 is 3.15. The molecule has 1 rings (SSSR count). The average Bonchev–Trinajstić information content (AvgIpc) is 2.12. The number of allylic oxidation sites excluding steroid dienone is 2.